The number of nitrogen functional groups attached to an aromatic ring is 3. The second-order valence-corrected chi connectivity index (χ2v) is 42.0. The quantitative estimate of drug-likeness (QED) is 0.0221. The Morgan fingerprint density at radius 2 is 0.917 bits per heavy atom. The molecule has 5 unspecified atom stereocenters. The standard InChI is InChI=1S/C55H76N17O26P5S6/c1-23(2)27-9-38(68-8-7-37(56)61-53(68)77)89-32(27)16-88-103(108,109)98-31-13-40(70-15-26(6)48(74)67-55(70)79)91-36(31)20-87-102(83,107)97-30-12-42(72-22-60-44-46(72)63-52(58)65-50(44)76)93-35(30)19-86-100(81,105)95-28-10-39(69-14-25(5)47(73)66-54(69)78)90-33(28)18-85-101(82,106)96-29-11-41(92-34(29)17-84-99(80,104)94-24(3)4)71-21-59-43-45(71)62-51(57)64-49(43)75/h7-8,14-15,21-24,27-36,38-42H,9-13,16-20H2,1-6H3,(H,80,104)(H,81,105)(H,82,106)(H,83,107)(H,108,109)(H2,56,61,77)(H,66,73,78)(H,67,74,79)(H3,57,62,64,75)(H3,58,63,65,76)/p-5/t27-,28+,29+,30+,31+,32+,33+,34+,35+,36+,38+,39+,40+,41+,42+,99?,100?,101?,102?/m0/s1. The van der Waals surface area contributed by atoms with E-state index in [2.05, 4.69) is 44.9 Å². The SMILES string of the molecule is Cc1cn([C@H]2C[C@@H](OP([O-])(=S)OC[C@H]3O[C@@H](n4cnc5c(=O)[nH]c(N)nc54)C[C@H]3OP(=O)([S-])OC[C@H]3O[C@@H](n4cc(C)c(=O)[nH]c4=O)C[C@H]3OP(=S)([S-])OC[C@H]3O[C@@H](n4ccc(N)nc4=O)C[C@H]3C(C)C)[C@@H](COP([O-])(=S)O[C@@H]3C[C@H](n4cnc5c(=O)[nH]c(N)nc54)O[C@@H]3COP([O-])(=S)OC(C)C)O2)c(=O)[nH]c1=O. The van der Waals surface area contributed by atoms with Gasteiger partial charge in [0.05, 0.1) is 88.0 Å². The topological polar surface area (TPSA) is 575 Å². The number of H-pyrrole nitrogens is 4. The Morgan fingerprint density at radius 3 is 1.36 bits per heavy atom. The Hall–Kier alpha value is -4.85. The van der Waals surface area contributed by atoms with Crippen LogP contribution in [0.5, 0.6) is 0 Å². The second-order valence-electron chi connectivity index (χ2n) is 26.2. The van der Waals surface area contributed by atoms with E-state index >= 15 is 0 Å². The van der Waals surface area contributed by atoms with E-state index in [1.165, 1.54) is 64.9 Å². The number of aryl methyl sites for hydroxylation is 2. The number of anilines is 3. The largest absolute Gasteiger partial charge is 0.780 e. The van der Waals surface area contributed by atoms with Crippen molar-refractivity contribution in [2.45, 2.75) is 166 Å². The third kappa shape index (κ3) is 20.1. The van der Waals surface area contributed by atoms with E-state index < -0.39 is 197 Å². The van der Waals surface area contributed by atoms with E-state index in [4.69, 9.17) is 158 Å². The van der Waals surface area contributed by atoms with Gasteiger partial charge in [-0.3, -0.25) is 66.5 Å². The Kier molecular flexibility index (Phi) is 25.7. The van der Waals surface area contributed by atoms with Crippen molar-refractivity contribution in [2.75, 3.05) is 50.2 Å². The molecule has 109 heavy (non-hydrogen) atoms. The fraction of sp³-hybridized carbons (Fsp3) is 0.600. The van der Waals surface area contributed by atoms with Gasteiger partial charge < -0.3 is 125 Å². The molecule has 0 aromatic carbocycles. The van der Waals surface area contributed by atoms with Gasteiger partial charge in [-0.05, 0) is 52.0 Å². The van der Waals surface area contributed by atoms with Gasteiger partial charge in [0.1, 0.15) is 81.5 Å². The number of aromatic nitrogens is 14. The van der Waals surface area contributed by atoms with Gasteiger partial charge in [-0.2, -0.15) is 15.0 Å². The Labute approximate surface area is 645 Å². The van der Waals surface area contributed by atoms with E-state index in [-0.39, 0.29) is 88.9 Å². The number of aromatic amines is 4. The molecule has 20 atom stereocenters. The summed E-state index contributed by atoms with van der Waals surface area (Å²) in [5.41, 5.74) is 8.34. The molecule has 0 radical (unpaired) electrons. The highest BCUT2D eigenvalue weighted by atomic mass is 32.9. The van der Waals surface area contributed by atoms with Gasteiger partial charge in [0.2, 0.25) is 11.9 Å². The highest BCUT2D eigenvalue weighted by Crippen LogP contribution is 2.56. The van der Waals surface area contributed by atoms with Crippen LogP contribution in [0.15, 0.2) is 70.9 Å². The zero-order valence-electron chi connectivity index (χ0n) is 57.9. The lowest BCUT2D eigenvalue weighted by Crippen LogP contribution is -2.34. The van der Waals surface area contributed by atoms with Gasteiger partial charge >= 0.3 is 17.1 Å². The molecule has 0 bridgehead atoms. The van der Waals surface area contributed by atoms with E-state index in [9.17, 15) is 52.8 Å². The van der Waals surface area contributed by atoms with Gasteiger partial charge in [0.25, 0.3) is 22.2 Å². The van der Waals surface area contributed by atoms with Crippen molar-refractivity contribution in [3.8, 4) is 0 Å². The van der Waals surface area contributed by atoms with Gasteiger partial charge in [0, 0.05) is 55.4 Å². The molecule has 5 fully saturated rings. The van der Waals surface area contributed by atoms with Gasteiger partial charge in [-0.1, -0.05) is 61.1 Å². The molecule has 0 amide bonds. The van der Waals surface area contributed by atoms with E-state index in [0.717, 1.165) is 9.13 Å². The van der Waals surface area contributed by atoms with Crippen molar-refractivity contribution in [1.29, 1.82) is 0 Å². The summed E-state index contributed by atoms with van der Waals surface area (Å²) in [6.45, 7) is -11.9. The minimum atomic E-state index is -4.92. The van der Waals surface area contributed by atoms with Crippen LogP contribution in [0.2, 0.25) is 0 Å². The van der Waals surface area contributed by atoms with Gasteiger partial charge in [0.15, 0.2) is 29.1 Å². The maximum Gasteiger partial charge on any atom is 0.351 e. The van der Waals surface area contributed by atoms with Crippen LogP contribution < -0.4 is 71.2 Å². The van der Waals surface area contributed by atoms with E-state index in [1.807, 2.05) is 13.8 Å². The molecule has 0 spiro atoms. The van der Waals surface area contributed by atoms with Crippen molar-refractivity contribution in [2.24, 2.45) is 11.8 Å². The zero-order valence-corrected chi connectivity index (χ0v) is 67.2. The summed E-state index contributed by atoms with van der Waals surface area (Å²) in [5, 5.41) is 0. The zero-order chi connectivity index (χ0) is 78.7. The molecule has 12 heterocycles. The number of nitrogens with two attached hydrogens (primary N) is 3. The molecule has 5 saturated heterocycles. The highest BCUT2D eigenvalue weighted by Gasteiger charge is 2.47. The number of ether oxygens (including phenoxy) is 5. The fourth-order valence-electron chi connectivity index (χ4n) is 12.8. The van der Waals surface area contributed by atoms with Crippen LogP contribution in [0, 0.1) is 25.7 Å². The summed E-state index contributed by atoms with van der Waals surface area (Å²) < 4.78 is 111. The van der Waals surface area contributed by atoms with Crippen LogP contribution in [-0.2, 0) is 145 Å². The molecule has 0 aliphatic carbocycles. The molecule has 598 valence electrons. The molecule has 5 aliphatic rings. The number of imidazole rings is 2. The van der Waals surface area contributed by atoms with Gasteiger partial charge in [-0.15, -0.1) is 0 Å². The van der Waals surface area contributed by atoms with Crippen LogP contribution >= 0.6 is 32.6 Å². The number of hydrogen-bond acceptors (Lipinski definition) is 40. The molecule has 43 nitrogen and oxygen atoms in total. The first-order chi connectivity index (χ1) is 51.2. The molecule has 7 aromatic heterocycles. The molecule has 12 rings (SSSR count). The Morgan fingerprint density at radius 1 is 0.523 bits per heavy atom. The van der Waals surface area contributed by atoms with Crippen molar-refractivity contribution >= 4 is 144 Å². The summed E-state index contributed by atoms with van der Waals surface area (Å²) >= 11 is 33.1. The lowest BCUT2D eigenvalue weighted by Gasteiger charge is -2.36. The molecular formula is C55H71N17O26P5S6-5. The summed E-state index contributed by atoms with van der Waals surface area (Å²) in [6.07, 6.45) is -12.4. The number of nitrogens with zero attached hydrogens (tertiary/aromatic N) is 10. The average Bonchev–Trinajstić information content (AvgIpc) is 1.76. The average molecular weight is 1730 g/mol. The number of fused-ring (bicyclic) bond motifs is 2. The van der Waals surface area contributed by atoms with E-state index in [1.54, 1.807) is 13.8 Å². The summed E-state index contributed by atoms with van der Waals surface area (Å²) in [7, 11) is 0. The first kappa shape index (κ1) is 83.6. The van der Waals surface area contributed by atoms with Crippen molar-refractivity contribution in [3.05, 3.63) is 121 Å². The number of hydrogen-bond donors (Lipinski definition) is 7. The highest BCUT2D eigenvalue weighted by molar-refractivity contribution is 8.51. The lowest BCUT2D eigenvalue weighted by atomic mass is 9.89. The molecular weight excluding hydrogens is 1660 g/mol. The fourth-order valence-corrected chi connectivity index (χ4v) is 20.7. The van der Waals surface area contributed by atoms with Crippen LogP contribution in [-0.4, -0.2) is 162 Å². The normalized spacial score (nSPS) is 28.8. The third-order valence-electron chi connectivity index (χ3n) is 17.8. The molecule has 5 aliphatic heterocycles. The minimum absolute atomic E-state index is 0.0161. The van der Waals surface area contributed by atoms with Crippen molar-refractivity contribution in [3.63, 3.8) is 0 Å². The maximum absolute atomic E-state index is 14.7. The van der Waals surface area contributed by atoms with E-state index in [0.29, 0.717) is 6.42 Å². The minimum Gasteiger partial charge on any atom is -0.780 e. The predicted molar refractivity (Wildman–Crippen MR) is 396 cm³/mol. The molecule has 10 N–H and O–H groups in total. The van der Waals surface area contributed by atoms with Crippen LogP contribution in [0.1, 0.15) is 102 Å². The van der Waals surface area contributed by atoms with Crippen LogP contribution in [0.25, 0.3) is 22.3 Å². The van der Waals surface area contributed by atoms with Crippen LogP contribution in [0.3, 0.4) is 0 Å². The summed E-state index contributed by atoms with van der Waals surface area (Å²) in [6, 6.07) is 1.46. The molecule has 54 heteroatoms. The summed E-state index contributed by atoms with van der Waals surface area (Å²) in [5.74, 6) is -0.682. The Balaban J connectivity index is 0.758. The molecule has 7 aromatic rings. The van der Waals surface area contributed by atoms with Crippen molar-refractivity contribution in [1.82, 2.24) is 67.7 Å². The van der Waals surface area contributed by atoms with Gasteiger partial charge in [-0.25, -0.2) is 24.4 Å². The van der Waals surface area contributed by atoms with Crippen molar-refractivity contribution < 1.29 is 88.2 Å². The van der Waals surface area contributed by atoms with Crippen LogP contribution in [0.4, 0.5) is 17.7 Å². The Bertz CT molecular complexity index is 5280. The lowest BCUT2D eigenvalue weighted by molar-refractivity contribution is -0.220. The first-order valence-corrected chi connectivity index (χ1v) is 46.9. The monoisotopic (exact) mass is 1730 g/mol. The smallest absolute Gasteiger partial charge is 0.351 e. The second kappa shape index (κ2) is 33.5. The maximum atomic E-state index is 14.7. The first-order valence-electron chi connectivity index (χ1n) is 33.1. The third-order valence-corrected chi connectivity index (χ3v) is 26.4. The number of nitrogens with one attached hydrogen (secondary N) is 4. The predicted octanol–water partition coefficient (Wildman–Crippen LogP) is -0.0872. The molecule has 0 saturated carbocycles. The number of rotatable bonds is 31. The summed E-state index contributed by atoms with van der Waals surface area (Å²) in [4.78, 5) is 162.